The van der Waals surface area contributed by atoms with Gasteiger partial charge in [-0.3, -0.25) is 14.0 Å². The number of para-hydroxylation sites is 1. The van der Waals surface area contributed by atoms with Crippen LogP contribution in [0.2, 0.25) is 0 Å². The third-order valence-corrected chi connectivity index (χ3v) is 9.99. The number of carbonyl (C=O) groups excluding carboxylic acids is 1. The largest absolute Gasteiger partial charge is 0.467 e. The number of nitrogens with zero attached hydrogens (tertiary/aromatic N) is 3. The second kappa shape index (κ2) is 9.98. The number of furan rings is 1. The zero-order chi connectivity index (χ0) is 27.1. The van der Waals surface area contributed by atoms with E-state index in [9.17, 15) is 13.2 Å². The van der Waals surface area contributed by atoms with Crippen LogP contribution in [-0.4, -0.2) is 25.9 Å². The first-order valence-corrected chi connectivity index (χ1v) is 15.0. The van der Waals surface area contributed by atoms with E-state index in [0.717, 1.165) is 45.4 Å². The molecule has 0 radical (unpaired) electrons. The van der Waals surface area contributed by atoms with Gasteiger partial charge < -0.3 is 4.42 Å². The number of hydrogen-bond donors (Lipinski definition) is 0. The van der Waals surface area contributed by atoms with Gasteiger partial charge in [0.25, 0.3) is 15.9 Å². The molecule has 0 saturated heterocycles. The lowest BCUT2D eigenvalue weighted by molar-refractivity contribution is 0.0983. The summed E-state index contributed by atoms with van der Waals surface area (Å²) >= 11 is 1.44. The van der Waals surface area contributed by atoms with E-state index in [0.29, 0.717) is 23.0 Å². The molecule has 0 saturated carbocycles. The second-order valence-electron chi connectivity index (χ2n) is 9.71. The van der Waals surface area contributed by atoms with Gasteiger partial charge in [0.05, 0.1) is 33.6 Å². The van der Waals surface area contributed by atoms with Gasteiger partial charge in [0.2, 0.25) is 0 Å². The maximum atomic E-state index is 13.8. The average Bonchev–Trinajstić information content (AvgIpc) is 3.61. The molecule has 5 aromatic rings. The van der Waals surface area contributed by atoms with Crippen molar-refractivity contribution in [3.05, 3.63) is 107 Å². The highest BCUT2D eigenvalue weighted by atomic mass is 32.2. The Morgan fingerprint density at radius 1 is 1.03 bits per heavy atom. The molecule has 3 heterocycles. The number of benzene rings is 3. The average molecular weight is 558 g/mol. The van der Waals surface area contributed by atoms with Crippen molar-refractivity contribution in [1.29, 1.82) is 0 Å². The zero-order valence-corrected chi connectivity index (χ0v) is 23.3. The lowest BCUT2D eigenvalue weighted by atomic mass is 10.0. The van der Waals surface area contributed by atoms with Crippen molar-refractivity contribution >= 4 is 48.3 Å². The lowest BCUT2D eigenvalue weighted by Gasteiger charge is -2.30. The predicted molar refractivity (Wildman–Crippen MR) is 154 cm³/mol. The molecule has 3 aromatic carbocycles. The number of rotatable bonds is 6. The van der Waals surface area contributed by atoms with Crippen LogP contribution in [0.25, 0.3) is 10.2 Å². The van der Waals surface area contributed by atoms with E-state index in [2.05, 4.69) is 13.0 Å². The van der Waals surface area contributed by atoms with Crippen molar-refractivity contribution in [3.63, 3.8) is 0 Å². The van der Waals surface area contributed by atoms with Crippen LogP contribution in [0, 0.1) is 13.8 Å². The van der Waals surface area contributed by atoms with Gasteiger partial charge >= 0.3 is 0 Å². The molecule has 0 spiro atoms. The van der Waals surface area contributed by atoms with Crippen molar-refractivity contribution in [2.45, 2.75) is 38.1 Å². The number of thiazole rings is 1. The fourth-order valence-electron chi connectivity index (χ4n) is 4.87. The maximum Gasteiger partial charge on any atom is 0.264 e. The summed E-state index contributed by atoms with van der Waals surface area (Å²) in [5, 5.41) is 0.554. The van der Waals surface area contributed by atoms with E-state index in [1.54, 1.807) is 29.4 Å². The first-order valence-electron chi connectivity index (χ1n) is 12.7. The fraction of sp³-hybridized carbons (Fsp3) is 0.200. The predicted octanol–water partition coefficient (Wildman–Crippen LogP) is 6.49. The lowest BCUT2D eigenvalue weighted by Crippen LogP contribution is -2.35. The molecule has 6 rings (SSSR count). The molecule has 39 heavy (non-hydrogen) atoms. The standard InChI is InChI=1S/C30H27N3O4S2/c1-20-17-26-28(18-21(20)2)38-30(31-26)32(19-24-9-6-16-37-24)29(34)23-11-13-25(14-12-23)39(35,36)33-15-5-8-22-7-3-4-10-27(22)33/h3-4,6-7,9-14,16-18H,5,8,15,19H2,1-2H3. The van der Waals surface area contributed by atoms with Crippen LogP contribution in [-0.2, 0) is 23.0 Å². The number of amides is 1. The third-order valence-electron chi connectivity index (χ3n) is 7.12. The van der Waals surface area contributed by atoms with Crippen molar-refractivity contribution in [1.82, 2.24) is 4.98 Å². The third kappa shape index (κ3) is 4.72. The van der Waals surface area contributed by atoms with Gasteiger partial charge in [-0.1, -0.05) is 29.5 Å². The topological polar surface area (TPSA) is 83.7 Å². The van der Waals surface area contributed by atoms with Crippen LogP contribution in [0.1, 0.15) is 39.2 Å². The van der Waals surface area contributed by atoms with Crippen molar-refractivity contribution in [2.75, 3.05) is 15.7 Å². The number of fused-ring (bicyclic) bond motifs is 2. The minimum atomic E-state index is -3.77. The van der Waals surface area contributed by atoms with E-state index < -0.39 is 10.0 Å². The molecule has 0 atom stereocenters. The monoisotopic (exact) mass is 557 g/mol. The Bertz CT molecular complexity index is 1740. The smallest absolute Gasteiger partial charge is 0.264 e. The molecular weight excluding hydrogens is 530 g/mol. The Kier molecular flexibility index (Phi) is 6.48. The van der Waals surface area contributed by atoms with E-state index in [4.69, 9.17) is 9.40 Å². The van der Waals surface area contributed by atoms with Crippen molar-refractivity contribution in [2.24, 2.45) is 0 Å². The molecule has 198 valence electrons. The maximum absolute atomic E-state index is 13.8. The number of sulfonamides is 1. The first kappa shape index (κ1) is 25.3. The van der Waals surface area contributed by atoms with Crippen LogP contribution in [0.3, 0.4) is 0 Å². The van der Waals surface area contributed by atoms with Crippen LogP contribution in [0.15, 0.2) is 88.4 Å². The molecule has 0 fully saturated rings. The molecular formula is C30H27N3O4S2. The summed E-state index contributed by atoms with van der Waals surface area (Å²) in [6, 6.07) is 21.5. The molecule has 0 N–H and O–H groups in total. The highest BCUT2D eigenvalue weighted by molar-refractivity contribution is 7.92. The van der Waals surface area contributed by atoms with Crippen LogP contribution in [0.5, 0.6) is 0 Å². The Labute approximate surface area is 231 Å². The highest BCUT2D eigenvalue weighted by Crippen LogP contribution is 2.34. The highest BCUT2D eigenvalue weighted by Gasteiger charge is 2.30. The van der Waals surface area contributed by atoms with Crippen LogP contribution < -0.4 is 9.21 Å². The Morgan fingerprint density at radius 2 is 1.79 bits per heavy atom. The van der Waals surface area contributed by atoms with Gasteiger partial charge in [0.15, 0.2) is 5.13 Å². The van der Waals surface area contributed by atoms with Gasteiger partial charge in [-0.2, -0.15) is 0 Å². The number of aromatic nitrogens is 1. The first-order chi connectivity index (χ1) is 18.8. The van der Waals surface area contributed by atoms with E-state index in [1.165, 1.54) is 27.8 Å². The molecule has 0 aliphatic carbocycles. The molecule has 1 amide bonds. The van der Waals surface area contributed by atoms with Gasteiger partial charge in [-0.05, 0) is 98.0 Å². The van der Waals surface area contributed by atoms with E-state index in [1.807, 2.05) is 43.3 Å². The molecule has 9 heteroatoms. The summed E-state index contributed by atoms with van der Waals surface area (Å²) < 4.78 is 35.1. The summed E-state index contributed by atoms with van der Waals surface area (Å²) in [6.07, 6.45) is 3.18. The molecule has 0 unspecified atom stereocenters. The minimum absolute atomic E-state index is 0.152. The van der Waals surface area contributed by atoms with E-state index in [-0.39, 0.29) is 17.3 Å². The van der Waals surface area contributed by atoms with Crippen molar-refractivity contribution in [3.8, 4) is 0 Å². The number of carbonyl (C=O) groups is 1. The van der Waals surface area contributed by atoms with Crippen molar-refractivity contribution < 1.29 is 17.6 Å². The molecule has 1 aliphatic rings. The van der Waals surface area contributed by atoms with E-state index >= 15 is 0 Å². The summed E-state index contributed by atoms with van der Waals surface area (Å²) in [5.74, 6) is 0.337. The Hall–Kier alpha value is -3.95. The molecule has 2 aromatic heterocycles. The van der Waals surface area contributed by atoms with Crippen LogP contribution >= 0.6 is 11.3 Å². The molecule has 7 nitrogen and oxygen atoms in total. The zero-order valence-electron chi connectivity index (χ0n) is 21.6. The number of aryl methyl sites for hydroxylation is 3. The Morgan fingerprint density at radius 3 is 2.56 bits per heavy atom. The van der Waals surface area contributed by atoms with Gasteiger partial charge in [-0.15, -0.1) is 0 Å². The SMILES string of the molecule is Cc1cc2nc(N(Cc3ccco3)C(=O)c3ccc(S(=O)(=O)N4CCCc5ccccc54)cc3)sc2cc1C. The second-order valence-corrected chi connectivity index (χ2v) is 12.6. The summed E-state index contributed by atoms with van der Waals surface area (Å²) in [7, 11) is -3.77. The number of hydrogen-bond acceptors (Lipinski definition) is 6. The minimum Gasteiger partial charge on any atom is -0.467 e. The molecule has 1 aliphatic heterocycles. The normalized spacial score (nSPS) is 13.4. The summed E-state index contributed by atoms with van der Waals surface area (Å²) in [5.41, 5.74) is 5.24. The van der Waals surface area contributed by atoms with Gasteiger partial charge in [0.1, 0.15) is 5.76 Å². The summed E-state index contributed by atoms with van der Waals surface area (Å²) in [6.45, 7) is 4.72. The number of anilines is 2. The van der Waals surface area contributed by atoms with Gasteiger partial charge in [-0.25, -0.2) is 13.4 Å². The fourth-order valence-corrected chi connectivity index (χ4v) is 7.45. The van der Waals surface area contributed by atoms with Crippen LogP contribution in [0.4, 0.5) is 10.8 Å². The molecule has 0 bridgehead atoms. The Balaban J connectivity index is 1.33. The quantitative estimate of drug-likeness (QED) is 0.238. The summed E-state index contributed by atoms with van der Waals surface area (Å²) in [4.78, 5) is 20.3. The van der Waals surface area contributed by atoms with Gasteiger partial charge in [0, 0.05) is 12.1 Å².